The highest BCUT2D eigenvalue weighted by Crippen LogP contribution is 2.24. The van der Waals surface area contributed by atoms with E-state index in [1.807, 2.05) is 0 Å². The highest BCUT2D eigenvalue weighted by atomic mass is 32.1. The standard InChI is InChI=1S/C14H18N4O6S/c1-7(19)23-6-9(22-3)4-11(24-8(2)20)18-12-10(25-14(18)21)5-16-13(15)17-12/h5,9,11H,4,6H2,1-3H3,(H2,15,16,17)/t9-,11+/m0/s1. The van der Waals surface area contributed by atoms with Gasteiger partial charge in [0.2, 0.25) is 5.95 Å². The van der Waals surface area contributed by atoms with Crippen molar-refractivity contribution in [2.75, 3.05) is 19.5 Å². The number of thiazole rings is 1. The molecule has 10 nitrogen and oxygen atoms in total. The predicted octanol–water partition coefficient (Wildman–Crippen LogP) is 0.465. The molecule has 2 aromatic rings. The lowest BCUT2D eigenvalue weighted by Gasteiger charge is -2.23. The topological polar surface area (TPSA) is 136 Å². The summed E-state index contributed by atoms with van der Waals surface area (Å²) >= 11 is 0.905. The van der Waals surface area contributed by atoms with Gasteiger partial charge in [-0.15, -0.1) is 0 Å². The van der Waals surface area contributed by atoms with Gasteiger partial charge in [0.05, 0.1) is 17.0 Å². The normalized spacial score (nSPS) is 13.4. The molecule has 0 aliphatic carbocycles. The summed E-state index contributed by atoms with van der Waals surface area (Å²) in [5.74, 6) is -1.06. The van der Waals surface area contributed by atoms with Crippen LogP contribution in [0.3, 0.4) is 0 Å². The second-order valence-corrected chi connectivity index (χ2v) is 6.11. The molecule has 2 atom stereocenters. The van der Waals surface area contributed by atoms with Crippen LogP contribution in [0.4, 0.5) is 5.95 Å². The Morgan fingerprint density at radius 3 is 2.68 bits per heavy atom. The van der Waals surface area contributed by atoms with Crippen molar-refractivity contribution < 1.29 is 23.8 Å². The molecule has 0 spiro atoms. The number of nitrogen functional groups attached to an aromatic ring is 1. The molecular formula is C14H18N4O6S. The lowest BCUT2D eigenvalue weighted by atomic mass is 10.2. The number of fused-ring (bicyclic) bond motifs is 1. The van der Waals surface area contributed by atoms with Gasteiger partial charge in [0, 0.05) is 27.4 Å². The number of carbonyl (C=O) groups excluding carboxylic acids is 2. The number of nitrogens with two attached hydrogens (primary N) is 1. The molecule has 0 unspecified atom stereocenters. The average Bonchev–Trinajstić information content (AvgIpc) is 2.84. The first kappa shape index (κ1) is 18.8. The summed E-state index contributed by atoms with van der Waals surface area (Å²) in [6.45, 7) is 2.45. The van der Waals surface area contributed by atoms with E-state index in [0.717, 1.165) is 11.3 Å². The lowest BCUT2D eigenvalue weighted by Crippen LogP contribution is -2.30. The molecule has 0 amide bonds. The van der Waals surface area contributed by atoms with Gasteiger partial charge in [-0.3, -0.25) is 14.4 Å². The number of esters is 2. The number of aromatic nitrogens is 3. The maximum Gasteiger partial charge on any atom is 0.312 e. The number of hydrogen-bond donors (Lipinski definition) is 1. The monoisotopic (exact) mass is 370 g/mol. The van der Waals surface area contributed by atoms with Crippen LogP contribution in [0.15, 0.2) is 11.0 Å². The fourth-order valence-corrected chi connectivity index (χ4v) is 3.00. The van der Waals surface area contributed by atoms with Gasteiger partial charge in [-0.05, 0) is 0 Å². The summed E-state index contributed by atoms with van der Waals surface area (Å²) < 4.78 is 17.2. The average molecular weight is 370 g/mol. The van der Waals surface area contributed by atoms with Crippen molar-refractivity contribution in [2.45, 2.75) is 32.6 Å². The molecule has 0 saturated heterocycles. The summed E-state index contributed by atoms with van der Waals surface area (Å²) in [6.07, 6.45) is -0.0701. The van der Waals surface area contributed by atoms with Gasteiger partial charge in [0.15, 0.2) is 11.9 Å². The zero-order valence-corrected chi connectivity index (χ0v) is 14.7. The molecule has 0 bridgehead atoms. The third kappa shape index (κ3) is 4.73. The highest BCUT2D eigenvalue weighted by Gasteiger charge is 2.26. The van der Waals surface area contributed by atoms with E-state index < -0.39 is 24.3 Å². The van der Waals surface area contributed by atoms with E-state index in [9.17, 15) is 14.4 Å². The molecule has 2 rings (SSSR count). The van der Waals surface area contributed by atoms with Crippen molar-refractivity contribution >= 4 is 39.6 Å². The Labute approximate surface area is 146 Å². The molecule has 0 aliphatic heterocycles. The van der Waals surface area contributed by atoms with Crippen LogP contribution in [-0.4, -0.2) is 46.3 Å². The van der Waals surface area contributed by atoms with Crippen LogP contribution in [0.25, 0.3) is 10.3 Å². The molecule has 0 saturated carbocycles. The minimum absolute atomic E-state index is 0.0103. The Morgan fingerprint density at radius 1 is 1.36 bits per heavy atom. The van der Waals surface area contributed by atoms with Crippen molar-refractivity contribution in [3.63, 3.8) is 0 Å². The quantitative estimate of drug-likeness (QED) is 0.689. The lowest BCUT2D eigenvalue weighted by molar-refractivity contribution is -0.157. The van der Waals surface area contributed by atoms with Crippen LogP contribution in [0.2, 0.25) is 0 Å². The van der Waals surface area contributed by atoms with Crippen LogP contribution >= 0.6 is 11.3 Å². The third-order valence-corrected chi connectivity index (χ3v) is 4.12. The van der Waals surface area contributed by atoms with Gasteiger partial charge < -0.3 is 19.9 Å². The minimum atomic E-state index is -0.992. The molecule has 136 valence electrons. The smallest absolute Gasteiger partial charge is 0.312 e. The minimum Gasteiger partial charge on any atom is -0.463 e. The van der Waals surface area contributed by atoms with E-state index in [-0.39, 0.29) is 29.5 Å². The van der Waals surface area contributed by atoms with Gasteiger partial charge in [-0.25, -0.2) is 9.55 Å². The summed E-state index contributed by atoms with van der Waals surface area (Å²) in [7, 11) is 1.42. The van der Waals surface area contributed by atoms with Crippen molar-refractivity contribution in [3.8, 4) is 0 Å². The summed E-state index contributed by atoms with van der Waals surface area (Å²) in [6, 6.07) is 0. The van der Waals surface area contributed by atoms with Crippen LogP contribution in [0.1, 0.15) is 26.5 Å². The first-order valence-electron chi connectivity index (χ1n) is 7.28. The zero-order valence-electron chi connectivity index (χ0n) is 13.9. The van der Waals surface area contributed by atoms with Crippen molar-refractivity contribution in [2.24, 2.45) is 0 Å². The molecule has 0 aromatic carbocycles. The molecule has 0 aliphatic rings. The second-order valence-electron chi connectivity index (χ2n) is 5.11. The van der Waals surface area contributed by atoms with E-state index in [1.54, 1.807) is 0 Å². The maximum atomic E-state index is 12.4. The Hall–Kier alpha value is -2.53. The maximum absolute atomic E-state index is 12.4. The molecule has 2 aromatic heterocycles. The van der Waals surface area contributed by atoms with E-state index in [4.69, 9.17) is 19.9 Å². The Kier molecular flexibility index (Phi) is 6.04. The van der Waals surface area contributed by atoms with E-state index in [1.165, 1.54) is 31.7 Å². The first-order valence-corrected chi connectivity index (χ1v) is 8.10. The van der Waals surface area contributed by atoms with Gasteiger partial charge in [-0.2, -0.15) is 4.98 Å². The fraction of sp³-hybridized carbons (Fsp3) is 0.500. The second kappa shape index (κ2) is 8.03. The molecule has 2 N–H and O–H groups in total. The molecule has 0 radical (unpaired) electrons. The van der Waals surface area contributed by atoms with E-state index in [2.05, 4.69) is 9.97 Å². The SMILES string of the molecule is CO[C@H](COC(C)=O)C[C@@H](OC(C)=O)n1c(=O)sc2cnc(N)nc21. The highest BCUT2D eigenvalue weighted by molar-refractivity contribution is 7.16. The molecule has 11 heteroatoms. The van der Waals surface area contributed by atoms with Gasteiger partial charge in [-0.1, -0.05) is 11.3 Å². The van der Waals surface area contributed by atoms with Crippen LogP contribution in [0, 0.1) is 0 Å². The number of ether oxygens (including phenoxy) is 3. The third-order valence-electron chi connectivity index (χ3n) is 3.24. The molecular weight excluding hydrogens is 352 g/mol. The van der Waals surface area contributed by atoms with E-state index in [0.29, 0.717) is 4.70 Å². The Balaban J connectivity index is 2.38. The number of nitrogens with zero attached hydrogens (tertiary/aromatic N) is 3. The number of methoxy groups -OCH3 is 1. The van der Waals surface area contributed by atoms with Gasteiger partial charge in [0.1, 0.15) is 6.61 Å². The Bertz CT molecular complexity index is 832. The summed E-state index contributed by atoms with van der Waals surface area (Å²) in [5.41, 5.74) is 5.85. The van der Waals surface area contributed by atoms with Gasteiger partial charge >= 0.3 is 16.8 Å². The summed E-state index contributed by atoms with van der Waals surface area (Å²) in [4.78, 5) is 42.3. The summed E-state index contributed by atoms with van der Waals surface area (Å²) in [5, 5.41) is 0. The van der Waals surface area contributed by atoms with Crippen molar-refractivity contribution in [1.82, 2.24) is 14.5 Å². The fourth-order valence-electron chi connectivity index (χ4n) is 2.17. The predicted molar refractivity (Wildman–Crippen MR) is 88.9 cm³/mol. The Morgan fingerprint density at radius 2 is 2.08 bits per heavy atom. The molecule has 0 fully saturated rings. The van der Waals surface area contributed by atoms with Crippen molar-refractivity contribution in [3.05, 3.63) is 15.9 Å². The van der Waals surface area contributed by atoms with Crippen LogP contribution in [-0.2, 0) is 23.8 Å². The number of carbonyl (C=O) groups is 2. The van der Waals surface area contributed by atoms with E-state index >= 15 is 0 Å². The number of rotatable bonds is 7. The molecule has 25 heavy (non-hydrogen) atoms. The van der Waals surface area contributed by atoms with Crippen molar-refractivity contribution in [1.29, 1.82) is 0 Å². The molecule has 2 heterocycles. The number of anilines is 1. The first-order chi connectivity index (χ1) is 11.8. The van der Waals surface area contributed by atoms with Crippen LogP contribution < -0.4 is 10.6 Å². The van der Waals surface area contributed by atoms with Crippen LogP contribution in [0.5, 0.6) is 0 Å². The zero-order chi connectivity index (χ0) is 18.6. The van der Waals surface area contributed by atoms with Gasteiger partial charge in [0.25, 0.3) is 0 Å². The number of hydrogen-bond acceptors (Lipinski definition) is 10. The largest absolute Gasteiger partial charge is 0.463 e.